The van der Waals surface area contributed by atoms with Gasteiger partial charge in [-0.05, 0) is 39.7 Å². The summed E-state index contributed by atoms with van der Waals surface area (Å²) in [5.74, 6) is -0.128. The van der Waals surface area contributed by atoms with Crippen molar-refractivity contribution >= 4 is 21.8 Å². The highest BCUT2D eigenvalue weighted by Gasteiger charge is 2.16. The number of halogens is 1. The molecule has 0 aromatic carbocycles. The van der Waals surface area contributed by atoms with Crippen LogP contribution in [0.25, 0.3) is 0 Å². The van der Waals surface area contributed by atoms with Crippen LogP contribution in [-0.2, 0) is 6.54 Å². The van der Waals surface area contributed by atoms with Crippen molar-refractivity contribution in [1.82, 2.24) is 14.9 Å². The van der Waals surface area contributed by atoms with Crippen molar-refractivity contribution in [3.05, 3.63) is 58.6 Å². The van der Waals surface area contributed by atoms with Crippen molar-refractivity contribution in [3.63, 3.8) is 0 Å². The molecule has 0 saturated heterocycles. The number of aromatic nitrogens is 2. The van der Waals surface area contributed by atoms with Crippen molar-refractivity contribution in [3.8, 4) is 6.07 Å². The molecule has 2 rings (SSSR count). The van der Waals surface area contributed by atoms with E-state index in [0.29, 0.717) is 23.3 Å². The molecule has 0 spiro atoms. The van der Waals surface area contributed by atoms with Gasteiger partial charge in [-0.15, -0.1) is 0 Å². The minimum absolute atomic E-state index is 0.128. The summed E-state index contributed by atoms with van der Waals surface area (Å²) in [5.41, 5.74) is 1.47. The topological polar surface area (TPSA) is 69.9 Å². The summed E-state index contributed by atoms with van der Waals surface area (Å²) in [6.07, 6.45) is 5.27. The molecule has 106 valence electrons. The number of nitriles is 1. The number of rotatable bonds is 5. The van der Waals surface area contributed by atoms with E-state index in [1.165, 1.54) is 0 Å². The summed E-state index contributed by atoms with van der Waals surface area (Å²) >= 11 is 3.25. The average Bonchev–Trinajstić information content (AvgIpc) is 2.51. The second-order valence-corrected chi connectivity index (χ2v) is 5.18. The van der Waals surface area contributed by atoms with Crippen LogP contribution in [0.3, 0.4) is 0 Å². The van der Waals surface area contributed by atoms with Gasteiger partial charge in [-0.3, -0.25) is 9.78 Å². The predicted molar refractivity (Wildman–Crippen MR) is 81.1 cm³/mol. The van der Waals surface area contributed by atoms with Crippen molar-refractivity contribution < 1.29 is 4.79 Å². The number of hydrogen-bond acceptors (Lipinski definition) is 4. The number of carbonyl (C=O) groups is 1. The van der Waals surface area contributed by atoms with Gasteiger partial charge in [0.15, 0.2) is 0 Å². The zero-order valence-electron chi connectivity index (χ0n) is 11.2. The van der Waals surface area contributed by atoms with Gasteiger partial charge in [0, 0.05) is 37.2 Å². The lowest BCUT2D eigenvalue weighted by Gasteiger charge is -2.21. The predicted octanol–water partition coefficient (Wildman–Crippen LogP) is 2.80. The minimum atomic E-state index is -0.128. The zero-order valence-corrected chi connectivity index (χ0v) is 12.8. The van der Waals surface area contributed by atoms with E-state index in [1.807, 2.05) is 12.1 Å². The lowest BCUT2D eigenvalue weighted by molar-refractivity contribution is 0.0746. The molecule has 21 heavy (non-hydrogen) atoms. The molecule has 0 unspecified atom stereocenters. The third-order valence-corrected chi connectivity index (χ3v) is 3.28. The first-order valence-corrected chi connectivity index (χ1v) is 7.16. The highest BCUT2D eigenvalue weighted by molar-refractivity contribution is 9.10. The number of amides is 1. The van der Waals surface area contributed by atoms with Gasteiger partial charge in [-0.25, -0.2) is 4.98 Å². The maximum absolute atomic E-state index is 12.6. The molecule has 0 aliphatic rings. The van der Waals surface area contributed by atoms with Crippen LogP contribution in [-0.4, -0.2) is 27.3 Å². The monoisotopic (exact) mass is 344 g/mol. The second kappa shape index (κ2) is 7.50. The smallest absolute Gasteiger partial charge is 0.254 e. The van der Waals surface area contributed by atoms with Gasteiger partial charge in [0.2, 0.25) is 0 Å². The molecule has 0 saturated carbocycles. The molecule has 0 radical (unpaired) electrons. The SMILES string of the molecule is N#CCCN(Cc1cccnc1)C(=O)c1ccnc(Br)c1. The van der Waals surface area contributed by atoms with E-state index < -0.39 is 0 Å². The summed E-state index contributed by atoms with van der Waals surface area (Å²) in [6, 6.07) is 9.13. The molecule has 6 heteroatoms. The molecule has 2 aromatic heterocycles. The van der Waals surface area contributed by atoms with Crippen molar-refractivity contribution in [2.24, 2.45) is 0 Å². The number of carbonyl (C=O) groups excluding carboxylic acids is 1. The number of hydrogen-bond donors (Lipinski definition) is 0. The second-order valence-electron chi connectivity index (χ2n) is 4.36. The molecule has 0 aliphatic heterocycles. The van der Waals surface area contributed by atoms with Gasteiger partial charge in [0.1, 0.15) is 4.60 Å². The molecule has 0 aliphatic carbocycles. The largest absolute Gasteiger partial charge is 0.333 e. The fourth-order valence-electron chi connectivity index (χ4n) is 1.87. The first-order chi connectivity index (χ1) is 10.2. The lowest BCUT2D eigenvalue weighted by Crippen LogP contribution is -2.31. The van der Waals surface area contributed by atoms with E-state index in [9.17, 15) is 4.79 Å². The van der Waals surface area contributed by atoms with Gasteiger partial charge in [0.25, 0.3) is 5.91 Å². The first kappa shape index (κ1) is 15.1. The van der Waals surface area contributed by atoms with Crippen LogP contribution in [0, 0.1) is 11.3 Å². The summed E-state index contributed by atoms with van der Waals surface area (Å²) in [5, 5.41) is 8.76. The van der Waals surface area contributed by atoms with E-state index in [-0.39, 0.29) is 12.3 Å². The Morgan fingerprint density at radius 2 is 2.24 bits per heavy atom. The number of pyridine rings is 2. The fraction of sp³-hybridized carbons (Fsp3) is 0.200. The highest BCUT2D eigenvalue weighted by Crippen LogP contribution is 2.13. The Balaban J connectivity index is 2.19. The van der Waals surface area contributed by atoms with E-state index >= 15 is 0 Å². The van der Waals surface area contributed by atoms with E-state index in [2.05, 4.69) is 32.0 Å². The molecule has 1 amide bonds. The molecule has 0 fully saturated rings. The van der Waals surface area contributed by atoms with Gasteiger partial charge in [-0.1, -0.05) is 6.07 Å². The van der Waals surface area contributed by atoms with Crippen LogP contribution in [0.15, 0.2) is 47.5 Å². The standard InChI is InChI=1S/C15H13BrN4O/c16-14-9-13(4-7-19-14)15(21)20(8-2-5-17)11-12-3-1-6-18-10-12/h1,3-4,6-7,9-10H,2,8,11H2. The lowest BCUT2D eigenvalue weighted by atomic mass is 10.2. The quantitative estimate of drug-likeness (QED) is 0.782. The van der Waals surface area contributed by atoms with Gasteiger partial charge in [-0.2, -0.15) is 5.26 Å². The van der Waals surface area contributed by atoms with Crippen LogP contribution >= 0.6 is 15.9 Å². The summed E-state index contributed by atoms with van der Waals surface area (Å²) in [6.45, 7) is 0.804. The molecule has 2 aromatic rings. The Kier molecular flexibility index (Phi) is 5.41. The fourth-order valence-corrected chi connectivity index (χ4v) is 2.23. The third kappa shape index (κ3) is 4.36. The molecular weight excluding hydrogens is 332 g/mol. The normalized spacial score (nSPS) is 9.90. The zero-order chi connectivity index (χ0) is 15.1. The van der Waals surface area contributed by atoms with Gasteiger partial charge < -0.3 is 4.90 Å². The summed E-state index contributed by atoms with van der Waals surface area (Å²) in [4.78, 5) is 22.3. The van der Waals surface area contributed by atoms with Crippen LogP contribution in [0.1, 0.15) is 22.3 Å². The maximum Gasteiger partial charge on any atom is 0.254 e. The van der Waals surface area contributed by atoms with E-state index in [4.69, 9.17) is 5.26 Å². The summed E-state index contributed by atoms with van der Waals surface area (Å²) in [7, 11) is 0. The van der Waals surface area contributed by atoms with Crippen LogP contribution in [0.2, 0.25) is 0 Å². The molecule has 0 bridgehead atoms. The first-order valence-electron chi connectivity index (χ1n) is 6.37. The van der Waals surface area contributed by atoms with Gasteiger partial charge in [0.05, 0.1) is 12.5 Å². The van der Waals surface area contributed by atoms with Crippen LogP contribution in [0.5, 0.6) is 0 Å². The Bertz CT molecular complexity index is 654. The number of nitrogens with zero attached hydrogens (tertiary/aromatic N) is 4. The summed E-state index contributed by atoms with van der Waals surface area (Å²) < 4.78 is 0.606. The minimum Gasteiger partial charge on any atom is -0.333 e. The van der Waals surface area contributed by atoms with E-state index in [1.54, 1.807) is 35.6 Å². The highest BCUT2D eigenvalue weighted by atomic mass is 79.9. The Labute approximate surface area is 131 Å². The van der Waals surface area contributed by atoms with Gasteiger partial charge >= 0.3 is 0 Å². The Morgan fingerprint density at radius 1 is 1.38 bits per heavy atom. The third-order valence-electron chi connectivity index (χ3n) is 2.85. The van der Waals surface area contributed by atoms with E-state index in [0.717, 1.165) is 5.56 Å². The average molecular weight is 345 g/mol. The van der Waals surface area contributed by atoms with Crippen LogP contribution < -0.4 is 0 Å². The van der Waals surface area contributed by atoms with Crippen molar-refractivity contribution in [2.75, 3.05) is 6.54 Å². The van der Waals surface area contributed by atoms with Crippen molar-refractivity contribution in [2.45, 2.75) is 13.0 Å². The molecule has 5 nitrogen and oxygen atoms in total. The Morgan fingerprint density at radius 3 is 2.90 bits per heavy atom. The van der Waals surface area contributed by atoms with Crippen LogP contribution in [0.4, 0.5) is 0 Å². The van der Waals surface area contributed by atoms with Crippen molar-refractivity contribution in [1.29, 1.82) is 5.26 Å². The molecular formula is C15H13BrN4O. The molecule has 2 heterocycles. The maximum atomic E-state index is 12.6. The molecule has 0 N–H and O–H groups in total. The Hall–Kier alpha value is -2.26. The molecule has 0 atom stereocenters.